The highest BCUT2D eigenvalue weighted by Gasteiger charge is 2.16. The van der Waals surface area contributed by atoms with Crippen LogP contribution in [-0.4, -0.2) is 24.9 Å². The van der Waals surface area contributed by atoms with Crippen molar-refractivity contribution in [2.75, 3.05) is 0 Å². The van der Waals surface area contributed by atoms with Crippen molar-refractivity contribution in [1.82, 2.24) is 0 Å². The Morgan fingerprint density at radius 1 is 1.00 bits per heavy atom. The summed E-state index contributed by atoms with van der Waals surface area (Å²) >= 11 is 0. The second-order valence-corrected chi connectivity index (χ2v) is 4.50. The Labute approximate surface area is 98.1 Å². The van der Waals surface area contributed by atoms with Gasteiger partial charge in [-0.05, 0) is 11.5 Å². The molecule has 0 bridgehead atoms. The third kappa shape index (κ3) is 2.61. The first-order valence-corrected chi connectivity index (χ1v) is 5.91. The van der Waals surface area contributed by atoms with Crippen LogP contribution >= 0.6 is 0 Å². The second-order valence-electron chi connectivity index (χ2n) is 3.11. The number of phenols is 1. The molecular formula is C11H10O5S. The molecule has 0 saturated carbocycles. The first kappa shape index (κ1) is 13.1. The standard InChI is InChI=1S/C10H8O4S.CH2O/c11-10-8-4-2-1-3-7(8)5-6-9(10)15(12,13)14;1-2/h1-6,11H,(H,12,13,14);1H2. The molecule has 2 rings (SSSR count). The molecule has 2 N–H and O–H groups in total. The van der Waals surface area contributed by atoms with Crippen molar-refractivity contribution in [1.29, 1.82) is 0 Å². The number of phenolic OH excluding ortho intramolecular Hbond substituents is 1. The maximum Gasteiger partial charge on any atom is 0.298 e. The van der Waals surface area contributed by atoms with Gasteiger partial charge in [-0.2, -0.15) is 8.42 Å². The van der Waals surface area contributed by atoms with Crippen LogP contribution in [0.25, 0.3) is 10.8 Å². The van der Waals surface area contributed by atoms with Gasteiger partial charge in [0.15, 0.2) is 0 Å². The van der Waals surface area contributed by atoms with E-state index in [-0.39, 0.29) is 0 Å². The molecule has 0 atom stereocenters. The number of aromatic hydroxyl groups is 1. The van der Waals surface area contributed by atoms with Gasteiger partial charge in [-0.25, -0.2) is 0 Å². The van der Waals surface area contributed by atoms with Gasteiger partial charge >= 0.3 is 0 Å². The van der Waals surface area contributed by atoms with Crippen molar-refractivity contribution < 1.29 is 22.9 Å². The lowest BCUT2D eigenvalue weighted by Crippen LogP contribution is -1.98. The molecule has 2 aromatic rings. The highest BCUT2D eigenvalue weighted by atomic mass is 32.2. The zero-order valence-electron chi connectivity index (χ0n) is 8.70. The minimum absolute atomic E-state index is 0.396. The quantitative estimate of drug-likeness (QED) is 0.754. The number of carbonyl (C=O) groups excluding carboxylic acids is 1. The fraction of sp³-hybridized carbons (Fsp3) is 0. The molecule has 0 fully saturated rings. The van der Waals surface area contributed by atoms with Crippen molar-refractivity contribution in [3.63, 3.8) is 0 Å². The Morgan fingerprint density at radius 3 is 2.18 bits per heavy atom. The van der Waals surface area contributed by atoms with Crippen molar-refractivity contribution in [3.05, 3.63) is 36.4 Å². The number of carbonyl (C=O) groups is 1. The zero-order chi connectivity index (χ0) is 13.1. The Balaban J connectivity index is 0.000000686. The third-order valence-electron chi connectivity index (χ3n) is 2.14. The van der Waals surface area contributed by atoms with E-state index in [1.54, 1.807) is 24.3 Å². The van der Waals surface area contributed by atoms with Crippen LogP contribution in [-0.2, 0) is 14.9 Å². The lowest BCUT2D eigenvalue weighted by atomic mass is 10.1. The van der Waals surface area contributed by atoms with Crippen LogP contribution in [0.4, 0.5) is 0 Å². The fourth-order valence-electron chi connectivity index (χ4n) is 1.44. The first-order valence-electron chi connectivity index (χ1n) is 4.47. The number of rotatable bonds is 1. The van der Waals surface area contributed by atoms with Crippen LogP contribution in [0.15, 0.2) is 41.3 Å². The van der Waals surface area contributed by atoms with Gasteiger partial charge in [-0.3, -0.25) is 4.55 Å². The number of hydrogen-bond acceptors (Lipinski definition) is 4. The molecule has 0 aliphatic heterocycles. The van der Waals surface area contributed by atoms with Gasteiger partial charge in [0, 0.05) is 5.39 Å². The van der Waals surface area contributed by atoms with Gasteiger partial charge in [0.05, 0.1) is 0 Å². The molecule has 0 saturated heterocycles. The Bertz CT molecular complexity index is 633. The van der Waals surface area contributed by atoms with E-state index in [9.17, 15) is 13.5 Å². The molecule has 2 aromatic carbocycles. The van der Waals surface area contributed by atoms with E-state index in [2.05, 4.69) is 0 Å². The molecule has 0 amide bonds. The van der Waals surface area contributed by atoms with Crippen molar-refractivity contribution in [2.45, 2.75) is 4.90 Å². The van der Waals surface area contributed by atoms with Crippen molar-refractivity contribution in [3.8, 4) is 5.75 Å². The predicted molar refractivity (Wildman–Crippen MR) is 62.5 cm³/mol. The van der Waals surface area contributed by atoms with Crippen LogP contribution in [0.3, 0.4) is 0 Å². The molecule has 0 aliphatic rings. The van der Waals surface area contributed by atoms with E-state index in [1.807, 2.05) is 6.79 Å². The topological polar surface area (TPSA) is 91.7 Å². The first-order chi connectivity index (χ1) is 8.00. The molecule has 0 unspecified atom stereocenters. The lowest BCUT2D eigenvalue weighted by molar-refractivity contribution is -0.0979. The molecule has 0 spiro atoms. The summed E-state index contributed by atoms with van der Waals surface area (Å²) in [5.74, 6) is -0.421. The van der Waals surface area contributed by atoms with Crippen molar-refractivity contribution >= 4 is 27.7 Å². The molecule has 6 heteroatoms. The van der Waals surface area contributed by atoms with Gasteiger partial charge in [0.2, 0.25) is 0 Å². The molecule has 0 aliphatic carbocycles. The van der Waals surface area contributed by atoms with Gasteiger partial charge in [0.25, 0.3) is 10.1 Å². The Hall–Kier alpha value is -1.92. The summed E-state index contributed by atoms with van der Waals surface area (Å²) in [5.41, 5.74) is 0. The van der Waals surface area contributed by atoms with Gasteiger partial charge < -0.3 is 9.90 Å². The summed E-state index contributed by atoms with van der Waals surface area (Å²) in [6.45, 7) is 2.00. The zero-order valence-corrected chi connectivity index (χ0v) is 9.52. The fourth-order valence-corrected chi connectivity index (χ4v) is 2.04. The summed E-state index contributed by atoms with van der Waals surface area (Å²) in [5, 5.41) is 10.8. The minimum Gasteiger partial charge on any atom is -0.506 e. The molecular weight excluding hydrogens is 244 g/mol. The molecule has 17 heavy (non-hydrogen) atoms. The number of benzene rings is 2. The van der Waals surface area contributed by atoms with Crippen LogP contribution in [0.5, 0.6) is 5.75 Å². The Morgan fingerprint density at radius 2 is 1.59 bits per heavy atom. The van der Waals surface area contributed by atoms with Crippen molar-refractivity contribution in [2.24, 2.45) is 0 Å². The average molecular weight is 254 g/mol. The van der Waals surface area contributed by atoms with Gasteiger partial charge in [-0.1, -0.05) is 30.3 Å². The predicted octanol–water partition coefficient (Wildman–Crippen LogP) is 1.61. The molecule has 0 heterocycles. The second kappa shape index (κ2) is 4.94. The normalized spacial score (nSPS) is 10.6. The summed E-state index contributed by atoms with van der Waals surface area (Å²) < 4.78 is 30.6. The molecule has 0 radical (unpaired) electrons. The van der Waals surface area contributed by atoms with Crippen LogP contribution in [0, 0.1) is 0 Å². The monoisotopic (exact) mass is 254 g/mol. The van der Waals surface area contributed by atoms with E-state index in [0.717, 1.165) is 0 Å². The van der Waals surface area contributed by atoms with Crippen LogP contribution in [0.1, 0.15) is 0 Å². The van der Waals surface area contributed by atoms with Gasteiger partial charge in [-0.15, -0.1) is 0 Å². The SMILES string of the molecule is C=O.O=S(=O)(O)c1ccc2ccccc2c1O. The van der Waals surface area contributed by atoms with E-state index < -0.39 is 20.8 Å². The maximum absolute atomic E-state index is 10.9. The van der Waals surface area contributed by atoms with Gasteiger partial charge in [0.1, 0.15) is 17.4 Å². The maximum atomic E-state index is 10.9. The van der Waals surface area contributed by atoms with E-state index in [1.165, 1.54) is 12.1 Å². The van der Waals surface area contributed by atoms with E-state index in [0.29, 0.717) is 10.8 Å². The highest BCUT2D eigenvalue weighted by Crippen LogP contribution is 2.31. The molecule has 5 nitrogen and oxygen atoms in total. The van der Waals surface area contributed by atoms with E-state index in [4.69, 9.17) is 9.35 Å². The third-order valence-corrected chi connectivity index (χ3v) is 3.03. The van der Waals surface area contributed by atoms with E-state index >= 15 is 0 Å². The summed E-state index contributed by atoms with van der Waals surface area (Å²) in [6.07, 6.45) is 0. The number of hydrogen-bond donors (Lipinski definition) is 2. The highest BCUT2D eigenvalue weighted by molar-refractivity contribution is 7.86. The van der Waals surface area contributed by atoms with Crippen LogP contribution < -0.4 is 0 Å². The molecule has 90 valence electrons. The smallest absolute Gasteiger partial charge is 0.298 e. The number of fused-ring (bicyclic) bond motifs is 1. The molecule has 0 aromatic heterocycles. The largest absolute Gasteiger partial charge is 0.506 e. The summed E-state index contributed by atoms with van der Waals surface area (Å²) in [4.78, 5) is 7.53. The lowest BCUT2D eigenvalue weighted by Gasteiger charge is -2.04. The average Bonchev–Trinajstić information content (AvgIpc) is 2.31. The minimum atomic E-state index is -4.37. The summed E-state index contributed by atoms with van der Waals surface area (Å²) in [6, 6.07) is 9.47. The van der Waals surface area contributed by atoms with Crippen LogP contribution in [0.2, 0.25) is 0 Å². The summed E-state index contributed by atoms with van der Waals surface area (Å²) in [7, 11) is -4.37. The Kier molecular flexibility index (Phi) is 3.82.